The van der Waals surface area contributed by atoms with E-state index < -0.39 is 12.1 Å². The van der Waals surface area contributed by atoms with Crippen molar-refractivity contribution in [2.75, 3.05) is 0 Å². The van der Waals surface area contributed by atoms with Gasteiger partial charge in [-0.1, -0.05) is 70.4 Å². The molecule has 0 bridgehead atoms. The molecule has 3 N–H and O–H groups in total. The van der Waals surface area contributed by atoms with Crippen molar-refractivity contribution < 1.29 is 34.4 Å². The maximum Gasteiger partial charge on any atom is 0.311 e. The van der Waals surface area contributed by atoms with E-state index >= 15 is 0 Å². The lowest BCUT2D eigenvalue weighted by Gasteiger charge is -2.14. The van der Waals surface area contributed by atoms with Crippen LogP contribution in [-0.2, 0) is 9.59 Å². The van der Waals surface area contributed by atoms with E-state index in [4.69, 9.17) is 9.47 Å². The SMILES string of the molecule is CCCCCCCCCCCC(=O)Oc1ccc(C(O)C=Cc2ccc(O)cc2O)c(OC(C)=O)c1. The van der Waals surface area contributed by atoms with Crippen molar-refractivity contribution in [2.24, 2.45) is 0 Å². The molecule has 7 heteroatoms. The molecule has 0 fully saturated rings. The smallest absolute Gasteiger partial charge is 0.311 e. The first kappa shape index (κ1) is 28.9. The monoisotopic (exact) mass is 498 g/mol. The fourth-order valence-electron chi connectivity index (χ4n) is 3.80. The molecule has 0 spiro atoms. The zero-order chi connectivity index (χ0) is 26.3. The van der Waals surface area contributed by atoms with Crippen LogP contribution < -0.4 is 9.47 Å². The normalized spacial score (nSPS) is 12.0. The van der Waals surface area contributed by atoms with Crippen molar-refractivity contribution >= 4 is 18.0 Å². The van der Waals surface area contributed by atoms with Crippen LogP contribution in [0, 0.1) is 0 Å². The van der Waals surface area contributed by atoms with Crippen molar-refractivity contribution in [3.8, 4) is 23.0 Å². The highest BCUT2D eigenvalue weighted by Gasteiger charge is 2.16. The molecule has 196 valence electrons. The highest BCUT2D eigenvalue weighted by atomic mass is 16.5. The van der Waals surface area contributed by atoms with E-state index in [1.54, 1.807) is 0 Å². The van der Waals surface area contributed by atoms with E-state index in [1.807, 2.05) is 0 Å². The third-order valence-electron chi connectivity index (χ3n) is 5.75. The van der Waals surface area contributed by atoms with Crippen molar-refractivity contribution in [3.63, 3.8) is 0 Å². The number of carbonyl (C=O) groups is 2. The number of esters is 2. The van der Waals surface area contributed by atoms with E-state index in [9.17, 15) is 24.9 Å². The van der Waals surface area contributed by atoms with Crippen molar-refractivity contribution in [3.05, 3.63) is 53.6 Å². The number of ether oxygens (including phenoxy) is 2. The predicted molar refractivity (Wildman–Crippen MR) is 139 cm³/mol. The molecule has 2 aromatic carbocycles. The molecular formula is C29H38O7. The molecule has 7 nitrogen and oxygen atoms in total. The number of aliphatic hydroxyl groups excluding tert-OH is 1. The average molecular weight is 499 g/mol. The average Bonchev–Trinajstić information content (AvgIpc) is 2.82. The third kappa shape index (κ3) is 10.5. The van der Waals surface area contributed by atoms with Gasteiger partial charge in [0, 0.05) is 36.6 Å². The second-order valence-corrected chi connectivity index (χ2v) is 8.89. The van der Waals surface area contributed by atoms with E-state index in [1.165, 1.54) is 94.0 Å². The summed E-state index contributed by atoms with van der Waals surface area (Å²) >= 11 is 0. The number of phenols is 2. The number of unbranched alkanes of at least 4 members (excludes halogenated alkanes) is 8. The number of aromatic hydroxyl groups is 2. The second kappa shape index (κ2) is 15.6. The molecule has 0 radical (unpaired) electrons. The minimum atomic E-state index is -1.17. The van der Waals surface area contributed by atoms with Crippen LogP contribution in [0.3, 0.4) is 0 Å². The summed E-state index contributed by atoms with van der Waals surface area (Å²) in [6.07, 6.45) is 12.4. The van der Waals surface area contributed by atoms with Crippen LogP contribution in [0.25, 0.3) is 6.08 Å². The van der Waals surface area contributed by atoms with Gasteiger partial charge >= 0.3 is 11.9 Å². The first-order valence-corrected chi connectivity index (χ1v) is 12.7. The van der Waals surface area contributed by atoms with Gasteiger partial charge in [0.05, 0.1) is 0 Å². The van der Waals surface area contributed by atoms with E-state index in [0.717, 1.165) is 19.3 Å². The number of hydrogen-bond acceptors (Lipinski definition) is 7. The van der Waals surface area contributed by atoms with Gasteiger partial charge in [0.1, 0.15) is 29.1 Å². The molecule has 0 aliphatic carbocycles. The zero-order valence-corrected chi connectivity index (χ0v) is 21.2. The molecule has 2 aromatic rings. The van der Waals surface area contributed by atoms with Gasteiger partial charge in [-0.05, 0) is 30.7 Å². The van der Waals surface area contributed by atoms with Gasteiger partial charge in [-0.15, -0.1) is 0 Å². The summed E-state index contributed by atoms with van der Waals surface area (Å²) in [5.41, 5.74) is 0.682. The highest BCUT2D eigenvalue weighted by molar-refractivity contribution is 5.73. The summed E-state index contributed by atoms with van der Waals surface area (Å²) in [7, 11) is 0. The van der Waals surface area contributed by atoms with Gasteiger partial charge in [0.25, 0.3) is 0 Å². The van der Waals surface area contributed by atoms with Crippen LogP contribution >= 0.6 is 0 Å². The summed E-state index contributed by atoms with van der Waals surface area (Å²) in [5, 5.41) is 29.9. The molecule has 0 saturated carbocycles. The maximum absolute atomic E-state index is 12.3. The number of hydrogen-bond donors (Lipinski definition) is 3. The number of aliphatic hydroxyl groups is 1. The summed E-state index contributed by atoms with van der Waals surface area (Å²) in [4.78, 5) is 23.8. The molecular weight excluding hydrogens is 460 g/mol. The number of phenolic OH excluding ortho intramolecular Hbond substituents is 2. The third-order valence-corrected chi connectivity index (χ3v) is 5.75. The van der Waals surface area contributed by atoms with Crippen molar-refractivity contribution in [1.82, 2.24) is 0 Å². The fourth-order valence-corrected chi connectivity index (χ4v) is 3.80. The Labute approximate surface area is 213 Å². The van der Waals surface area contributed by atoms with E-state index in [-0.39, 0.29) is 29.0 Å². The van der Waals surface area contributed by atoms with E-state index in [2.05, 4.69) is 6.92 Å². The molecule has 0 saturated heterocycles. The number of carbonyl (C=O) groups excluding carboxylic acids is 2. The minimum absolute atomic E-state index is 0.0722. The van der Waals surface area contributed by atoms with Crippen LogP contribution in [0.5, 0.6) is 23.0 Å². The molecule has 0 amide bonds. The quantitative estimate of drug-likeness (QED) is 0.144. The molecule has 0 heterocycles. The van der Waals surface area contributed by atoms with Crippen LogP contribution in [0.2, 0.25) is 0 Å². The Kier molecular flexibility index (Phi) is 12.6. The van der Waals surface area contributed by atoms with Crippen LogP contribution in [0.4, 0.5) is 0 Å². The predicted octanol–water partition coefficient (Wildman–Crippen LogP) is 6.60. The van der Waals surface area contributed by atoms with Gasteiger partial charge in [-0.25, -0.2) is 0 Å². The Balaban J connectivity index is 1.92. The molecule has 1 unspecified atom stereocenters. The Morgan fingerprint density at radius 2 is 1.56 bits per heavy atom. The molecule has 0 aliphatic rings. The Hall–Kier alpha value is -3.32. The fraction of sp³-hybridized carbons (Fsp3) is 0.448. The van der Waals surface area contributed by atoms with Crippen LogP contribution in [0.1, 0.15) is 95.3 Å². The number of benzene rings is 2. The second-order valence-electron chi connectivity index (χ2n) is 8.89. The standard InChI is InChI=1S/C29H38O7/c1-3-4-5-6-7-8-9-10-11-12-29(34)36-24-16-17-25(28(20-24)35-21(2)30)26(32)18-14-22-13-15-23(31)19-27(22)33/h13-20,26,31-33H,3-12H2,1-2H3. The van der Waals surface area contributed by atoms with Crippen molar-refractivity contribution in [2.45, 2.75) is 84.2 Å². The topological polar surface area (TPSA) is 113 Å². The minimum Gasteiger partial charge on any atom is -0.508 e. The van der Waals surface area contributed by atoms with Gasteiger partial charge in [0.15, 0.2) is 0 Å². The van der Waals surface area contributed by atoms with Gasteiger partial charge < -0.3 is 24.8 Å². The van der Waals surface area contributed by atoms with Crippen LogP contribution in [-0.4, -0.2) is 27.3 Å². The lowest BCUT2D eigenvalue weighted by Crippen LogP contribution is -2.10. The summed E-state index contributed by atoms with van der Waals surface area (Å²) in [5.74, 6) is -0.867. The van der Waals surface area contributed by atoms with E-state index in [0.29, 0.717) is 17.5 Å². The maximum atomic E-state index is 12.3. The lowest BCUT2D eigenvalue weighted by atomic mass is 10.1. The number of rotatable bonds is 15. The first-order chi connectivity index (χ1) is 17.3. The molecule has 2 rings (SSSR count). The summed E-state index contributed by atoms with van der Waals surface area (Å²) in [6.45, 7) is 3.45. The first-order valence-electron chi connectivity index (χ1n) is 12.7. The Morgan fingerprint density at radius 1 is 0.889 bits per heavy atom. The zero-order valence-electron chi connectivity index (χ0n) is 21.2. The summed E-state index contributed by atoms with van der Waals surface area (Å²) < 4.78 is 10.6. The van der Waals surface area contributed by atoms with Crippen LogP contribution in [0.15, 0.2) is 42.5 Å². The largest absolute Gasteiger partial charge is 0.508 e. The lowest BCUT2D eigenvalue weighted by molar-refractivity contribution is -0.134. The molecule has 36 heavy (non-hydrogen) atoms. The summed E-state index contributed by atoms with van der Waals surface area (Å²) in [6, 6.07) is 8.55. The molecule has 0 aliphatic heterocycles. The van der Waals surface area contributed by atoms with Gasteiger partial charge in [0.2, 0.25) is 0 Å². The Morgan fingerprint density at radius 3 is 2.19 bits per heavy atom. The highest BCUT2D eigenvalue weighted by Crippen LogP contribution is 2.32. The van der Waals surface area contributed by atoms with Crippen molar-refractivity contribution in [1.29, 1.82) is 0 Å². The van der Waals surface area contributed by atoms with Gasteiger partial charge in [-0.3, -0.25) is 9.59 Å². The van der Waals surface area contributed by atoms with Gasteiger partial charge in [-0.2, -0.15) is 0 Å². The molecule has 0 aromatic heterocycles. The Bertz CT molecular complexity index is 1010. The molecule has 1 atom stereocenters.